The minimum atomic E-state index is -0.160. The molecular weight excluding hydrogens is 350 g/mol. The minimum absolute atomic E-state index is 0.0374. The van der Waals surface area contributed by atoms with E-state index in [1.807, 2.05) is 48.2 Å². The Morgan fingerprint density at radius 3 is 2.54 bits per heavy atom. The molecule has 0 aliphatic carbocycles. The number of amides is 2. The molecule has 0 unspecified atom stereocenters. The number of likely N-dealkylation sites (tertiary alicyclic amines) is 1. The van der Waals surface area contributed by atoms with Crippen LogP contribution in [0, 0.1) is 12.8 Å². The number of fused-ring (bicyclic) bond motifs is 1. The van der Waals surface area contributed by atoms with Crippen LogP contribution in [-0.4, -0.2) is 35.8 Å². The maximum absolute atomic E-state index is 12.9. The molecule has 2 aliphatic rings. The highest BCUT2D eigenvalue weighted by Crippen LogP contribution is 2.23. The number of carbonyl (C=O) groups excluding carboxylic acids is 2. The van der Waals surface area contributed by atoms with Crippen LogP contribution in [0.15, 0.2) is 48.5 Å². The van der Waals surface area contributed by atoms with Crippen molar-refractivity contribution in [3.63, 3.8) is 0 Å². The normalized spacial score (nSPS) is 19.8. The number of piperidine rings is 1. The molecule has 2 amide bonds. The Kier molecular flexibility index (Phi) is 5.44. The van der Waals surface area contributed by atoms with Crippen LogP contribution >= 0.6 is 0 Å². The Morgan fingerprint density at radius 2 is 1.79 bits per heavy atom. The second-order valence-electron chi connectivity index (χ2n) is 7.86. The molecule has 1 atom stereocenters. The van der Waals surface area contributed by atoms with E-state index in [4.69, 9.17) is 0 Å². The van der Waals surface area contributed by atoms with E-state index in [1.54, 1.807) is 0 Å². The lowest BCUT2D eigenvalue weighted by atomic mass is 9.92. The van der Waals surface area contributed by atoms with Gasteiger partial charge in [-0.2, -0.15) is 0 Å². The Labute approximate surface area is 166 Å². The van der Waals surface area contributed by atoms with Crippen LogP contribution in [0.2, 0.25) is 0 Å². The summed E-state index contributed by atoms with van der Waals surface area (Å²) in [6, 6.07) is 16.0. The Hall–Kier alpha value is -2.66. The van der Waals surface area contributed by atoms with Gasteiger partial charge in [-0.15, -0.1) is 0 Å². The fourth-order valence-electron chi connectivity index (χ4n) is 4.18. The zero-order chi connectivity index (χ0) is 19.5. The van der Waals surface area contributed by atoms with Gasteiger partial charge in [-0.1, -0.05) is 36.4 Å². The third-order valence-electron chi connectivity index (χ3n) is 5.84. The van der Waals surface area contributed by atoms with Gasteiger partial charge in [0.05, 0.1) is 6.04 Å². The first-order valence-electron chi connectivity index (χ1n) is 10.1. The molecule has 0 bridgehead atoms. The number of nitrogens with one attached hydrogen (secondary N) is 2. The summed E-state index contributed by atoms with van der Waals surface area (Å²) in [6.45, 7) is 4.04. The standard InChI is InChI=1S/C23H27N3O2/c1-16-5-4-8-20(13-16)25-22(27)17-9-11-26(12-10-17)23(28)21-14-18-6-2-3-7-19(18)15-24-21/h2-8,13,17,21,24H,9-12,14-15H2,1H3,(H,25,27)/t21-/m0/s1. The monoisotopic (exact) mass is 377 g/mol. The Balaban J connectivity index is 1.30. The molecule has 2 heterocycles. The van der Waals surface area contributed by atoms with E-state index in [-0.39, 0.29) is 23.8 Å². The van der Waals surface area contributed by atoms with Crippen LogP contribution in [0.1, 0.15) is 29.5 Å². The number of carbonyl (C=O) groups is 2. The average Bonchev–Trinajstić information content (AvgIpc) is 2.73. The summed E-state index contributed by atoms with van der Waals surface area (Å²) in [7, 11) is 0. The van der Waals surface area contributed by atoms with Crippen molar-refractivity contribution in [1.29, 1.82) is 0 Å². The van der Waals surface area contributed by atoms with Crippen LogP contribution < -0.4 is 10.6 Å². The third-order valence-corrected chi connectivity index (χ3v) is 5.84. The molecule has 5 heteroatoms. The Bertz CT molecular complexity index is 872. The lowest BCUT2D eigenvalue weighted by molar-refractivity contribution is -0.136. The lowest BCUT2D eigenvalue weighted by Crippen LogP contribution is -2.52. The molecule has 1 saturated heterocycles. The third kappa shape index (κ3) is 4.09. The maximum Gasteiger partial charge on any atom is 0.240 e. The molecule has 4 rings (SSSR count). The first kappa shape index (κ1) is 18.7. The van der Waals surface area contributed by atoms with Crippen molar-refractivity contribution in [3.8, 4) is 0 Å². The molecule has 146 valence electrons. The fourth-order valence-corrected chi connectivity index (χ4v) is 4.18. The largest absolute Gasteiger partial charge is 0.341 e. The maximum atomic E-state index is 12.9. The van der Waals surface area contributed by atoms with Crippen LogP contribution in [0.3, 0.4) is 0 Å². The van der Waals surface area contributed by atoms with Gasteiger partial charge in [-0.25, -0.2) is 0 Å². The molecule has 0 saturated carbocycles. The number of hydrogen-bond donors (Lipinski definition) is 2. The molecule has 2 aromatic rings. The number of hydrogen-bond acceptors (Lipinski definition) is 3. The van der Waals surface area contributed by atoms with Gasteiger partial charge in [0, 0.05) is 31.2 Å². The number of nitrogens with zero attached hydrogens (tertiary/aromatic N) is 1. The molecule has 0 radical (unpaired) electrons. The highest BCUT2D eigenvalue weighted by molar-refractivity contribution is 5.93. The zero-order valence-electron chi connectivity index (χ0n) is 16.3. The van der Waals surface area contributed by atoms with Gasteiger partial charge in [-0.05, 0) is 55.0 Å². The van der Waals surface area contributed by atoms with Crippen LogP contribution in [-0.2, 0) is 22.6 Å². The SMILES string of the molecule is Cc1cccc(NC(=O)C2CCN(C(=O)[C@@H]3Cc4ccccc4CN3)CC2)c1. The van der Waals surface area contributed by atoms with Crippen molar-refractivity contribution in [3.05, 3.63) is 65.2 Å². The van der Waals surface area contributed by atoms with Crippen LogP contribution in [0.4, 0.5) is 5.69 Å². The van der Waals surface area contributed by atoms with Crippen molar-refractivity contribution in [2.45, 2.75) is 38.8 Å². The van der Waals surface area contributed by atoms with Gasteiger partial charge in [0.25, 0.3) is 0 Å². The predicted octanol–water partition coefficient (Wildman–Crippen LogP) is 2.89. The highest BCUT2D eigenvalue weighted by atomic mass is 16.2. The van der Waals surface area contributed by atoms with Crippen LogP contribution in [0.25, 0.3) is 0 Å². The molecule has 2 N–H and O–H groups in total. The van der Waals surface area contributed by atoms with E-state index in [2.05, 4.69) is 22.8 Å². The molecular formula is C23H27N3O2. The van der Waals surface area contributed by atoms with Gasteiger partial charge in [0.15, 0.2) is 0 Å². The van der Waals surface area contributed by atoms with E-state index >= 15 is 0 Å². The highest BCUT2D eigenvalue weighted by Gasteiger charge is 2.32. The van der Waals surface area contributed by atoms with Crippen molar-refractivity contribution in [2.75, 3.05) is 18.4 Å². The van der Waals surface area contributed by atoms with Crippen molar-refractivity contribution >= 4 is 17.5 Å². The van der Waals surface area contributed by atoms with E-state index in [1.165, 1.54) is 11.1 Å². The molecule has 2 aliphatic heterocycles. The van der Waals surface area contributed by atoms with Gasteiger partial charge in [0.2, 0.25) is 11.8 Å². The smallest absolute Gasteiger partial charge is 0.240 e. The lowest BCUT2D eigenvalue weighted by Gasteiger charge is -2.35. The van der Waals surface area contributed by atoms with Crippen LogP contribution in [0.5, 0.6) is 0 Å². The molecule has 5 nitrogen and oxygen atoms in total. The van der Waals surface area contributed by atoms with Gasteiger partial charge in [-0.3, -0.25) is 9.59 Å². The quantitative estimate of drug-likeness (QED) is 0.865. The van der Waals surface area contributed by atoms with E-state index in [9.17, 15) is 9.59 Å². The van der Waals surface area contributed by atoms with Crippen molar-refractivity contribution in [2.24, 2.45) is 5.92 Å². The second kappa shape index (κ2) is 8.15. The molecule has 28 heavy (non-hydrogen) atoms. The van der Waals surface area contributed by atoms with Gasteiger partial charge < -0.3 is 15.5 Å². The second-order valence-corrected chi connectivity index (χ2v) is 7.86. The summed E-state index contributed by atoms with van der Waals surface area (Å²) in [5, 5.41) is 6.39. The minimum Gasteiger partial charge on any atom is -0.341 e. The molecule has 0 spiro atoms. The zero-order valence-corrected chi connectivity index (χ0v) is 16.3. The number of aryl methyl sites for hydroxylation is 1. The van der Waals surface area contributed by atoms with Crippen molar-refractivity contribution in [1.82, 2.24) is 10.2 Å². The Morgan fingerprint density at radius 1 is 1.04 bits per heavy atom. The number of anilines is 1. The van der Waals surface area contributed by atoms with E-state index in [0.29, 0.717) is 25.9 Å². The first-order chi connectivity index (χ1) is 13.6. The summed E-state index contributed by atoms with van der Waals surface area (Å²) >= 11 is 0. The van der Waals surface area contributed by atoms with E-state index in [0.717, 1.165) is 24.2 Å². The number of benzene rings is 2. The topological polar surface area (TPSA) is 61.4 Å². The molecule has 0 aromatic heterocycles. The summed E-state index contributed by atoms with van der Waals surface area (Å²) in [4.78, 5) is 27.4. The summed E-state index contributed by atoms with van der Waals surface area (Å²) in [6.07, 6.45) is 2.17. The average molecular weight is 377 g/mol. The van der Waals surface area contributed by atoms with Gasteiger partial charge >= 0.3 is 0 Å². The summed E-state index contributed by atoms with van der Waals surface area (Å²) in [5.41, 5.74) is 4.50. The van der Waals surface area contributed by atoms with Crippen molar-refractivity contribution < 1.29 is 9.59 Å². The van der Waals surface area contributed by atoms with E-state index < -0.39 is 0 Å². The number of rotatable bonds is 3. The summed E-state index contributed by atoms with van der Waals surface area (Å²) in [5.74, 6) is 0.180. The fraction of sp³-hybridized carbons (Fsp3) is 0.391. The first-order valence-corrected chi connectivity index (χ1v) is 10.1. The summed E-state index contributed by atoms with van der Waals surface area (Å²) < 4.78 is 0. The van der Waals surface area contributed by atoms with Gasteiger partial charge in [0.1, 0.15) is 0 Å². The molecule has 2 aromatic carbocycles. The predicted molar refractivity (Wildman–Crippen MR) is 110 cm³/mol. The molecule has 1 fully saturated rings.